The van der Waals surface area contributed by atoms with Gasteiger partial charge in [-0.2, -0.15) is 26.7 Å². The zero-order chi connectivity index (χ0) is 24.5. The molecule has 1 aliphatic rings. The molecular formula is C23H16Cl2F3N3O2S. The van der Waals surface area contributed by atoms with Gasteiger partial charge in [-0.3, -0.25) is 0 Å². The van der Waals surface area contributed by atoms with E-state index in [-0.39, 0.29) is 12.5 Å². The molecule has 0 amide bonds. The molecule has 0 aliphatic carbocycles. The molecule has 1 unspecified atom stereocenters. The lowest BCUT2D eigenvalue weighted by Crippen LogP contribution is -2.23. The lowest BCUT2D eigenvalue weighted by atomic mass is 9.91. The molecule has 1 heterocycles. The van der Waals surface area contributed by atoms with Crippen LogP contribution in [0.4, 0.5) is 13.2 Å². The van der Waals surface area contributed by atoms with Gasteiger partial charge in [-0.05, 0) is 59.1 Å². The second-order valence-electron chi connectivity index (χ2n) is 7.40. The van der Waals surface area contributed by atoms with Crippen LogP contribution in [0.15, 0.2) is 93.3 Å². The number of rotatable bonds is 4. The summed E-state index contributed by atoms with van der Waals surface area (Å²) in [4.78, 5) is -0.417. The zero-order valence-corrected chi connectivity index (χ0v) is 19.6. The SMILES string of the molecule is O=S(=O)(N=C(Cl)N1CC(c2ccc(Cl)cc2)C(c2ccccc2)=N1)c1ccc(C(F)(F)F)cc1. The fraction of sp³-hybridized carbons (Fsp3) is 0.130. The van der Waals surface area contributed by atoms with E-state index >= 15 is 0 Å². The Bertz CT molecular complexity index is 1340. The van der Waals surface area contributed by atoms with Crippen LogP contribution in [0.3, 0.4) is 0 Å². The van der Waals surface area contributed by atoms with Gasteiger partial charge in [-0.25, -0.2) is 5.01 Å². The maximum atomic E-state index is 12.8. The highest BCUT2D eigenvalue weighted by atomic mass is 35.5. The Balaban J connectivity index is 1.66. The van der Waals surface area contributed by atoms with Crippen molar-refractivity contribution in [3.8, 4) is 0 Å². The summed E-state index contributed by atoms with van der Waals surface area (Å²) in [7, 11) is -4.37. The van der Waals surface area contributed by atoms with Crippen molar-refractivity contribution in [2.75, 3.05) is 6.54 Å². The molecular weight excluding hydrogens is 510 g/mol. The lowest BCUT2D eigenvalue weighted by Gasteiger charge is -2.15. The molecule has 0 spiro atoms. The summed E-state index contributed by atoms with van der Waals surface area (Å²) in [6.07, 6.45) is -4.59. The molecule has 0 bridgehead atoms. The fourth-order valence-electron chi connectivity index (χ4n) is 3.46. The number of halogens is 5. The van der Waals surface area contributed by atoms with E-state index in [1.165, 1.54) is 5.01 Å². The van der Waals surface area contributed by atoms with Crippen molar-refractivity contribution in [3.05, 3.63) is 101 Å². The first kappa shape index (κ1) is 24.3. The van der Waals surface area contributed by atoms with Crippen molar-refractivity contribution in [2.24, 2.45) is 9.50 Å². The molecule has 3 aromatic carbocycles. The quantitative estimate of drug-likeness (QED) is 0.233. The zero-order valence-electron chi connectivity index (χ0n) is 17.2. The van der Waals surface area contributed by atoms with E-state index in [9.17, 15) is 21.6 Å². The molecule has 1 aliphatic heterocycles. The number of hydrogen-bond donors (Lipinski definition) is 0. The molecule has 176 valence electrons. The Morgan fingerprint density at radius 2 is 1.59 bits per heavy atom. The molecule has 1 atom stereocenters. The standard InChI is InChI=1S/C23H16Cl2F3N3O2S/c24-18-10-6-15(7-11-18)20-14-31(29-21(20)16-4-2-1-3-5-16)22(25)30-34(32,33)19-12-8-17(9-13-19)23(26,27)28/h1-13,20H,14H2. The molecule has 11 heteroatoms. The van der Waals surface area contributed by atoms with Crippen molar-refractivity contribution in [1.29, 1.82) is 0 Å². The average Bonchev–Trinajstić information content (AvgIpc) is 3.25. The van der Waals surface area contributed by atoms with E-state index in [0.29, 0.717) is 22.9 Å². The summed E-state index contributed by atoms with van der Waals surface area (Å²) in [5.74, 6) is -0.252. The van der Waals surface area contributed by atoms with Gasteiger partial charge in [0, 0.05) is 10.9 Å². The Morgan fingerprint density at radius 1 is 0.971 bits per heavy atom. The monoisotopic (exact) mass is 525 g/mol. The van der Waals surface area contributed by atoms with Gasteiger partial charge in [-0.15, -0.1) is 4.40 Å². The van der Waals surface area contributed by atoms with Gasteiger partial charge in [0.05, 0.1) is 22.7 Å². The highest BCUT2D eigenvalue weighted by Crippen LogP contribution is 2.32. The first-order valence-corrected chi connectivity index (χ1v) is 12.1. The predicted molar refractivity (Wildman–Crippen MR) is 126 cm³/mol. The van der Waals surface area contributed by atoms with Gasteiger partial charge in [-0.1, -0.05) is 54.1 Å². The number of hydrazone groups is 1. The first-order valence-electron chi connectivity index (χ1n) is 9.89. The third-order valence-corrected chi connectivity index (χ3v) is 7.06. The summed E-state index contributed by atoms with van der Waals surface area (Å²) in [6.45, 7) is 0.205. The highest BCUT2D eigenvalue weighted by molar-refractivity contribution is 7.90. The summed E-state index contributed by atoms with van der Waals surface area (Å²) in [6, 6.07) is 19.5. The van der Waals surface area contributed by atoms with Crippen LogP contribution in [-0.4, -0.2) is 31.0 Å². The Hall–Kier alpha value is -2.88. The van der Waals surface area contributed by atoms with Crippen LogP contribution >= 0.6 is 23.2 Å². The van der Waals surface area contributed by atoms with Crippen molar-refractivity contribution >= 4 is 44.2 Å². The normalized spacial score (nSPS) is 17.1. The molecule has 0 saturated heterocycles. The summed E-state index contributed by atoms with van der Waals surface area (Å²) in [5, 5.41) is 5.90. The second-order valence-corrected chi connectivity index (χ2v) is 9.77. The Kier molecular flexibility index (Phi) is 6.71. The first-order chi connectivity index (χ1) is 16.0. The van der Waals surface area contributed by atoms with Gasteiger partial charge in [0.1, 0.15) is 0 Å². The molecule has 0 radical (unpaired) electrons. The van der Waals surface area contributed by atoms with Crippen LogP contribution in [0.2, 0.25) is 5.02 Å². The molecule has 0 aromatic heterocycles. The van der Waals surface area contributed by atoms with Crippen molar-refractivity contribution in [3.63, 3.8) is 0 Å². The van der Waals surface area contributed by atoms with Crippen LogP contribution in [0.5, 0.6) is 0 Å². The highest BCUT2D eigenvalue weighted by Gasteiger charge is 2.33. The maximum absolute atomic E-state index is 12.8. The van der Waals surface area contributed by atoms with Crippen LogP contribution in [0.25, 0.3) is 0 Å². The fourth-order valence-corrected chi connectivity index (χ4v) is 4.84. The molecule has 3 aromatic rings. The maximum Gasteiger partial charge on any atom is 0.416 e. The van der Waals surface area contributed by atoms with E-state index in [4.69, 9.17) is 23.2 Å². The van der Waals surface area contributed by atoms with Gasteiger partial charge in [0.2, 0.25) is 5.29 Å². The molecule has 0 fully saturated rings. The second kappa shape index (κ2) is 9.40. The Labute approximate surface area is 204 Å². The van der Waals surface area contributed by atoms with Crippen molar-refractivity contribution in [2.45, 2.75) is 17.0 Å². The van der Waals surface area contributed by atoms with E-state index in [2.05, 4.69) is 9.50 Å². The minimum absolute atomic E-state index is 0.205. The number of sulfonamides is 1. The topological polar surface area (TPSA) is 62.1 Å². The van der Waals surface area contributed by atoms with Crippen molar-refractivity contribution in [1.82, 2.24) is 5.01 Å². The number of amidine groups is 1. The van der Waals surface area contributed by atoms with E-state index in [1.807, 2.05) is 42.5 Å². The lowest BCUT2D eigenvalue weighted by molar-refractivity contribution is -0.137. The third kappa shape index (κ3) is 5.27. The summed E-state index contributed by atoms with van der Waals surface area (Å²) >= 11 is 12.3. The number of benzene rings is 3. The summed E-state index contributed by atoms with van der Waals surface area (Å²) in [5.41, 5.74) is 1.40. The molecule has 34 heavy (non-hydrogen) atoms. The van der Waals surface area contributed by atoms with Crippen LogP contribution in [-0.2, 0) is 16.2 Å². The van der Waals surface area contributed by atoms with Gasteiger partial charge >= 0.3 is 6.18 Å². The molecule has 0 N–H and O–H groups in total. The van der Waals surface area contributed by atoms with E-state index in [0.717, 1.165) is 23.3 Å². The van der Waals surface area contributed by atoms with E-state index in [1.54, 1.807) is 12.1 Å². The van der Waals surface area contributed by atoms with Crippen LogP contribution < -0.4 is 0 Å². The largest absolute Gasteiger partial charge is 0.416 e. The van der Waals surface area contributed by atoms with Gasteiger partial charge < -0.3 is 0 Å². The number of alkyl halides is 3. The minimum Gasteiger partial charge on any atom is -0.236 e. The summed E-state index contributed by atoms with van der Waals surface area (Å²) < 4.78 is 67.2. The molecule has 0 saturated carbocycles. The number of hydrogen-bond acceptors (Lipinski definition) is 3. The number of nitrogens with zero attached hydrogens (tertiary/aromatic N) is 3. The smallest absolute Gasteiger partial charge is 0.236 e. The minimum atomic E-state index is -4.59. The van der Waals surface area contributed by atoms with Gasteiger partial charge in [0.15, 0.2) is 0 Å². The Morgan fingerprint density at radius 3 is 2.18 bits per heavy atom. The van der Waals surface area contributed by atoms with Gasteiger partial charge in [0.25, 0.3) is 10.0 Å². The predicted octanol–water partition coefficient (Wildman–Crippen LogP) is 6.15. The van der Waals surface area contributed by atoms with Crippen LogP contribution in [0, 0.1) is 0 Å². The third-order valence-electron chi connectivity index (χ3n) is 5.14. The molecule has 5 nitrogen and oxygen atoms in total. The average molecular weight is 526 g/mol. The van der Waals surface area contributed by atoms with Crippen molar-refractivity contribution < 1.29 is 21.6 Å². The van der Waals surface area contributed by atoms with E-state index < -0.39 is 32.0 Å². The van der Waals surface area contributed by atoms with Crippen LogP contribution in [0.1, 0.15) is 22.6 Å². The molecule has 4 rings (SSSR count).